The second kappa shape index (κ2) is 6.14. The van der Waals surface area contributed by atoms with E-state index in [1.165, 1.54) is 24.6 Å². The van der Waals surface area contributed by atoms with E-state index < -0.39 is 0 Å². The van der Waals surface area contributed by atoms with Gasteiger partial charge >= 0.3 is 0 Å². The van der Waals surface area contributed by atoms with E-state index in [2.05, 4.69) is 15.9 Å². The van der Waals surface area contributed by atoms with Gasteiger partial charge in [0.05, 0.1) is 0 Å². The van der Waals surface area contributed by atoms with Gasteiger partial charge in [-0.2, -0.15) is 0 Å². The highest BCUT2D eigenvalue weighted by atomic mass is 79.9. The second-order valence-electron chi connectivity index (χ2n) is 4.39. The number of nitrogens with zero attached hydrogens (tertiary/aromatic N) is 1. The summed E-state index contributed by atoms with van der Waals surface area (Å²) in [6.07, 6.45) is 6.30. The minimum Gasteiger partial charge on any atom is -0.339 e. The zero-order chi connectivity index (χ0) is 13.0. The second-order valence-corrected chi connectivity index (χ2v) is 5.30. The van der Waals surface area contributed by atoms with Crippen molar-refractivity contribution >= 4 is 27.9 Å². The highest BCUT2D eigenvalue weighted by Crippen LogP contribution is 2.17. The van der Waals surface area contributed by atoms with Crippen LogP contribution in [0.2, 0.25) is 0 Å². The Labute approximate surface area is 115 Å². The Morgan fingerprint density at radius 1 is 1.28 bits per heavy atom. The number of piperidine rings is 1. The molecule has 1 amide bonds. The van der Waals surface area contributed by atoms with Gasteiger partial charge in [-0.3, -0.25) is 4.79 Å². The number of likely N-dealkylation sites (tertiary alicyclic amines) is 1. The molecule has 1 aliphatic heterocycles. The van der Waals surface area contributed by atoms with Crippen LogP contribution in [0, 0.1) is 5.82 Å². The van der Waals surface area contributed by atoms with Crippen molar-refractivity contribution in [2.24, 2.45) is 0 Å². The monoisotopic (exact) mass is 311 g/mol. The summed E-state index contributed by atoms with van der Waals surface area (Å²) in [6, 6.07) is 4.68. The molecule has 0 aliphatic carbocycles. The molecule has 0 radical (unpaired) electrons. The Balaban J connectivity index is 2.05. The van der Waals surface area contributed by atoms with Crippen LogP contribution in [-0.4, -0.2) is 23.9 Å². The quantitative estimate of drug-likeness (QED) is 0.764. The summed E-state index contributed by atoms with van der Waals surface area (Å²) in [4.78, 5) is 13.7. The fourth-order valence-electron chi connectivity index (χ4n) is 2.02. The van der Waals surface area contributed by atoms with Crippen LogP contribution in [0.25, 0.3) is 6.08 Å². The molecule has 1 fully saturated rings. The van der Waals surface area contributed by atoms with Crippen molar-refractivity contribution in [2.45, 2.75) is 19.3 Å². The Kier molecular flexibility index (Phi) is 4.53. The third-order valence-electron chi connectivity index (χ3n) is 3.03. The lowest BCUT2D eigenvalue weighted by Gasteiger charge is -2.25. The topological polar surface area (TPSA) is 20.3 Å². The molecular formula is C14H15BrFNO. The van der Waals surface area contributed by atoms with Crippen molar-refractivity contribution in [3.63, 3.8) is 0 Å². The van der Waals surface area contributed by atoms with Gasteiger partial charge in [0.25, 0.3) is 0 Å². The van der Waals surface area contributed by atoms with Gasteiger partial charge in [0.2, 0.25) is 5.91 Å². The highest BCUT2D eigenvalue weighted by molar-refractivity contribution is 9.10. The van der Waals surface area contributed by atoms with Crippen LogP contribution in [0.1, 0.15) is 24.8 Å². The Hall–Kier alpha value is -1.16. The van der Waals surface area contributed by atoms with E-state index in [-0.39, 0.29) is 11.7 Å². The van der Waals surface area contributed by atoms with Gasteiger partial charge in [-0.05, 0) is 43.5 Å². The van der Waals surface area contributed by atoms with E-state index in [1.807, 2.05) is 4.90 Å². The standard InChI is InChI=1S/C14H15BrFNO/c15-12-5-6-13(16)11(10-12)4-7-14(18)17-8-2-1-3-9-17/h4-7,10H,1-3,8-9H2/b7-4-. The summed E-state index contributed by atoms with van der Waals surface area (Å²) < 4.78 is 14.3. The van der Waals surface area contributed by atoms with Crippen LogP contribution in [-0.2, 0) is 4.79 Å². The summed E-state index contributed by atoms with van der Waals surface area (Å²) >= 11 is 3.28. The third kappa shape index (κ3) is 3.42. The molecule has 0 bridgehead atoms. The summed E-state index contributed by atoms with van der Waals surface area (Å²) in [5.74, 6) is -0.352. The third-order valence-corrected chi connectivity index (χ3v) is 3.52. The Bertz CT molecular complexity index is 467. The molecule has 1 saturated heterocycles. The molecule has 0 N–H and O–H groups in total. The number of hydrogen-bond acceptors (Lipinski definition) is 1. The molecule has 2 nitrogen and oxygen atoms in total. The normalized spacial score (nSPS) is 16.2. The molecule has 1 heterocycles. The van der Waals surface area contributed by atoms with E-state index in [9.17, 15) is 9.18 Å². The first-order valence-corrected chi connectivity index (χ1v) is 6.88. The van der Waals surface area contributed by atoms with Crippen LogP contribution in [0.15, 0.2) is 28.7 Å². The molecule has 0 spiro atoms. The van der Waals surface area contributed by atoms with Crippen LogP contribution in [0.3, 0.4) is 0 Å². The summed E-state index contributed by atoms with van der Waals surface area (Å²) in [7, 11) is 0. The van der Waals surface area contributed by atoms with Gasteiger partial charge in [0.15, 0.2) is 0 Å². The molecule has 2 rings (SSSR count). The van der Waals surface area contributed by atoms with Gasteiger partial charge in [0, 0.05) is 29.2 Å². The Morgan fingerprint density at radius 3 is 2.72 bits per heavy atom. The van der Waals surface area contributed by atoms with Crippen LogP contribution < -0.4 is 0 Å². The Morgan fingerprint density at radius 2 is 2.00 bits per heavy atom. The van der Waals surface area contributed by atoms with Gasteiger partial charge in [0.1, 0.15) is 5.82 Å². The van der Waals surface area contributed by atoms with Gasteiger partial charge in [-0.15, -0.1) is 0 Å². The molecule has 18 heavy (non-hydrogen) atoms. The molecule has 1 aromatic carbocycles. The predicted molar refractivity (Wildman–Crippen MR) is 73.6 cm³/mol. The maximum Gasteiger partial charge on any atom is 0.246 e. The number of halogens is 2. The molecule has 0 saturated carbocycles. The first-order valence-electron chi connectivity index (χ1n) is 6.09. The smallest absolute Gasteiger partial charge is 0.246 e. The largest absolute Gasteiger partial charge is 0.339 e. The van der Waals surface area contributed by atoms with Gasteiger partial charge < -0.3 is 4.90 Å². The fraction of sp³-hybridized carbons (Fsp3) is 0.357. The SMILES string of the molecule is O=C(/C=C\c1cc(Br)ccc1F)N1CCCCC1. The number of rotatable bonds is 2. The molecular weight excluding hydrogens is 297 g/mol. The first-order chi connectivity index (χ1) is 8.66. The lowest BCUT2D eigenvalue weighted by molar-refractivity contribution is -0.126. The molecule has 0 aromatic heterocycles. The van der Waals surface area contributed by atoms with Crippen LogP contribution in [0.4, 0.5) is 4.39 Å². The van der Waals surface area contributed by atoms with Gasteiger partial charge in [-0.1, -0.05) is 15.9 Å². The molecule has 96 valence electrons. The van der Waals surface area contributed by atoms with E-state index in [1.54, 1.807) is 12.1 Å². The average Bonchev–Trinajstić information content (AvgIpc) is 2.40. The first kappa shape index (κ1) is 13.3. The van der Waals surface area contributed by atoms with Crippen molar-refractivity contribution in [1.82, 2.24) is 4.90 Å². The summed E-state index contributed by atoms with van der Waals surface area (Å²) in [6.45, 7) is 1.62. The molecule has 1 aliphatic rings. The van der Waals surface area contributed by atoms with E-state index >= 15 is 0 Å². The number of hydrogen-bond donors (Lipinski definition) is 0. The molecule has 0 unspecified atom stereocenters. The number of amides is 1. The summed E-state index contributed by atoms with van der Waals surface area (Å²) in [5, 5.41) is 0. The van der Waals surface area contributed by atoms with Crippen LogP contribution >= 0.6 is 15.9 Å². The van der Waals surface area contributed by atoms with Crippen LogP contribution in [0.5, 0.6) is 0 Å². The average molecular weight is 312 g/mol. The zero-order valence-electron chi connectivity index (χ0n) is 10.0. The molecule has 0 atom stereocenters. The molecule has 4 heteroatoms. The van der Waals surface area contributed by atoms with Crippen molar-refractivity contribution in [1.29, 1.82) is 0 Å². The van der Waals surface area contributed by atoms with Crippen molar-refractivity contribution in [2.75, 3.05) is 13.1 Å². The zero-order valence-corrected chi connectivity index (χ0v) is 11.6. The van der Waals surface area contributed by atoms with E-state index in [0.717, 1.165) is 30.4 Å². The minimum atomic E-state index is -0.319. The maximum absolute atomic E-state index is 13.5. The van der Waals surface area contributed by atoms with E-state index in [4.69, 9.17) is 0 Å². The lowest BCUT2D eigenvalue weighted by atomic mass is 10.1. The molecule has 1 aromatic rings. The predicted octanol–water partition coefficient (Wildman–Crippen LogP) is 3.61. The number of carbonyl (C=O) groups is 1. The summed E-state index contributed by atoms with van der Waals surface area (Å²) in [5.41, 5.74) is 0.426. The van der Waals surface area contributed by atoms with Crippen molar-refractivity contribution in [3.05, 3.63) is 40.1 Å². The minimum absolute atomic E-state index is 0.0333. The maximum atomic E-state index is 13.5. The fourth-order valence-corrected chi connectivity index (χ4v) is 2.40. The van der Waals surface area contributed by atoms with Gasteiger partial charge in [-0.25, -0.2) is 4.39 Å². The van der Waals surface area contributed by atoms with Crippen molar-refractivity contribution in [3.8, 4) is 0 Å². The van der Waals surface area contributed by atoms with E-state index in [0.29, 0.717) is 5.56 Å². The number of benzene rings is 1. The highest BCUT2D eigenvalue weighted by Gasteiger charge is 2.13. The number of carbonyl (C=O) groups excluding carboxylic acids is 1. The lowest BCUT2D eigenvalue weighted by Crippen LogP contribution is -2.34. The van der Waals surface area contributed by atoms with Crippen molar-refractivity contribution < 1.29 is 9.18 Å².